The first-order chi connectivity index (χ1) is 41.4. The summed E-state index contributed by atoms with van der Waals surface area (Å²) in [5.41, 5.74) is 0. The van der Waals surface area contributed by atoms with E-state index in [0.717, 1.165) is 77.0 Å². The van der Waals surface area contributed by atoms with E-state index in [-0.39, 0.29) is 18.9 Å². The molecule has 0 heterocycles. The van der Waals surface area contributed by atoms with Crippen LogP contribution in [0.4, 0.5) is 0 Å². The van der Waals surface area contributed by atoms with Gasteiger partial charge in [-0.1, -0.05) is 331 Å². The number of phosphoric ester groups is 1. The van der Waals surface area contributed by atoms with Crippen LogP contribution in [-0.4, -0.2) is 69.4 Å². The fourth-order valence-corrected chi connectivity index (χ4v) is 11.1. The third kappa shape index (κ3) is 65.5. The number of carbonyl (C=O) groups is 2. The zero-order valence-electron chi connectivity index (χ0n) is 56.6. The minimum Gasteiger partial charge on any atom is -0.756 e. The summed E-state index contributed by atoms with van der Waals surface area (Å²) in [6, 6.07) is -0.922. The van der Waals surface area contributed by atoms with Crippen LogP contribution in [0.2, 0.25) is 0 Å². The maximum absolute atomic E-state index is 13.6. The molecule has 3 unspecified atom stereocenters. The van der Waals surface area contributed by atoms with Gasteiger partial charge in [-0.2, -0.15) is 0 Å². The number of amides is 1. The number of ether oxygens (including phenoxy) is 1. The molecule has 85 heavy (non-hydrogen) atoms. The van der Waals surface area contributed by atoms with E-state index in [1.165, 1.54) is 212 Å². The Morgan fingerprint density at radius 2 is 0.765 bits per heavy atom. The summed E-state index contributed by atoms with van der Waals surface area (Å²) in [6.45, 7) is 6.72. The van der Waals surface area contributed by atoms with Gasteiger partial charge in [0, 0.05) is 12.8 Å². The SMILES string of the molecule is CC/C=C\C/C=C\C/C=C\C/C=C\C/C=C\C/C=C\CCC(=O)OC(/C=C\CCCCCCCCCCCCC)C(COP(=O)([O-])OCC[N+](C)(C)C)NC(=O)CCCCCCCCCCCCCCCCCCCCCCCCCCCCC. The Kier molecular flexibility index (Phi) is 62.1. The van der Waals surface area contributed by atoms with Crippen molar-refractivity contribution in [2.45, 2.75) is 341 Å². The number of nitrogens with one attached hydrogen (secondary N) is 1. The molecular weight excluding hydrogens is 1070 g/mol. The monoisotopic (exact) mass is 1210 g/mol. The average molecular weight is 1210 g/mol. The van der Waals surface area contributed by atoms with Crippen molar-refractivity contribution in [3.63, 3.8) is 0 Å². The highest BCUT2D eigenvalue weighted by Crippen LogP contribution is 2.38. The highest BCUT2D eigenvalue weighted by atomic mass is 31.2. The zero-order chi connectivity index (χ0) is 62.1. The second-order valence-electron chi connectivity index (χ2n) is 25.4. The number of allylic oxidation sites excluding steroid dienone is 13. The number of hydrogen-bond donors (Lipinski definition) is 1. The summed E-state index contributed by atoms with van der Waals surface area (Å²) in [4.78, 5) is 40.1. The molecule has 0 aromatic rings. The minimum atomic E-state index is -4.72. The molecule has 0 aromatic carbocycles. The molecule has 0 aliphatic heterocycles. The van der Waals surface area contributed by atoms with Crippen LogP contribution >= 0.6 is 7.82 Å². The van der Waals surface area contributed by atoms with Crippen LogP contribution in [0.5, 0.6) is 0 Å². The molecule has 0 saturated heterocycles. The van der Waals surface area contributed by atoms with E-state index in [2.05, 4.69) is 92.9 Å². The normalized spacial score (nSPS) is 14.0. The lowest BCUT2D eigenvalue weighted by Gasteiger charge is -2.30. The lowest BCUT2D eigenvalue weighted by atomic mass is 10.0. The van der Waals surface area contributed by atoms with Gasteiger partial charge in [0.2, 0.25) is 5.91 Å². The number of unbranched alkanes of at least 4 members (excludes halogenated alkanes) is 37. The second-order valence-corrected chi connectivity index (χ2v) is 26.8. The average Bonchev–Trinajstić information content (AvgIpc) is 3.50. The molecule has 0 saturated carbocycles. The summed E-state index contributed by atoms with van der Waals surface area (Å²) in [6.07, 6.45) is 85.9. The number of hydrogen-bond acceptors (Lipinski definition) is 7. The highest BCUT2D eigenvalue weighted by Gasteiger charge is 2.27. The van der Waals surface area contributed by atoms with Crippen molar-refractivity contribution in [2.75, 3.05) is 40.9 Å². The fraction of sp³-hybridized carbons (Fsp3) is 0.787. The third-order valence-corrected chi connectivity index (χ3v) is 16.8. The lowest BCUT2D eigenvalue weighted by molar-refractivity contribution is -0.870. The molecule has 0 bridgehead atoms. The van der Waals surface area contributed by atoms with Crippen LogP contribution < -0.4 is 10.2 Å². The molecule has 1 N–H and O–H groups in total. The highest BCUT2D eigenvalue weighted by molar-refractivity contribution is 7.45. The smallest absolute Gasteiger partial charge is 0.306 e. The third-order valence-electron chi connectivity index (χ3n) is 15.9. The predicted molar refractivity (Wildman–Crippen MR) is 367 cm³/mol. The maximum atomic E-state index is 13.6. The molecular formula is C75H137N2O7P. The van der Waals surface area contributed by atoms with Gasteiger partial charge in [-0.15, -0.1) is 0 Å². The van der Waals surface area contributed by atoms with Crippen LogP contribution in [0.15, 0.2) is 85.1 Å². The van der Waals surface area contributed by atoms with E-state index in [9.17, 15) is 19.0 Å². The lowest BCUT2D eigenvalue weighted by Crippen LogP contribution is -2.47. The number of nitrogens with zero attached hydrogens (tertiary/aromatic N) is 1. The Bertz CT molecular complexity index is 1730. The molecule has 0 rings (SSSR count). The molecule has 0 aromatic heterocycles. The summed E-state index contributed by atoms with van der Waals surface area (Å²) < 4.78 is 30.4. The van der Waals surface area contributed by atoms with Gasteiger partial charge in [0.25, 0.3) is 7.82 Å². The quantitative estimate of drug-likeness (QED) is 0.0212. The Morgan fingerprint density at radius 3 is 1.13 bits per heavy atom. The minimum absolute atomic E-state index is 0.0349. The number of phosphoric acid groups is 1. The Morgan fingerprint density at radius 1 is 0.424 bits per heavy atom. The second kappa shape index (κ2) is 64.2. The van der Waals surface area contributed by atoms with Crippen molar-refractivity contribution >= 4 is 19.7 Å². The summed E-state index contributed by atoms with van der Waals surface area (Å²) >= 11 is 0. The summed E-state index contributed by atoms with van der Waals surface area (Å²) in [7, 11) is 1.15. The maximum Gasteiger partial charge on any atom is 0.306 e. The van der Waals surface area contributed by atoms with Crippen molar-refractivity contribution in [3.8, 4) is 0 Å². The standard InChI is InChI=1S/C75H137N2O7P/c1-7-10-13-16-19-22-25-28-30-32-34-35-36-37-38-39-40-41-43-44-46-49-52-55-58-61-64-67-74(78)76-72(71-83-85(80,81)82-70-69-77(4,5)6)73(66-63-60-57-54-51-48-27-24-21-18-15-12-9-3)84-75(79)68-65-62-59-56-53-50-47-45-42-33-31-29-26-23-20-17-14-11-8-2/h11,14,20,23,29,31,42,45,50,53,59,62-63,66,72-73H,7-10,12-13,15-19,21-22,24-28,30,32-41,43-44,46-49,51-52,54-58,60-61,64-65,67-71H2,1-6H3,(H-,76,78,80,81)/b14-11-,23-20-,31-29-,45-42-,53-50-,62-59-,66-63-. The van der Waals surface area contributed by atoms with Crippen molar-refractivity contribution in [1.29, 1.82) is 0 Å². The molecule has 494 valence electrons. The van der Waals surface area contributed by atoms with Crippen LogP contribution in [0.3, 0.4) is 0 Å². The molecule has 0 spiro atoms. The number of quaternary nitrogens is 1. The van der Waals surface area contributed by atoms with Gasteiger partial charge in [0.1, 0.15) is 19.3 Å². The summed E-state index contributed by atoms with van der Waals surface area (Å²) in [5.74, 6) is -0.629. The number of carbonyl (C=O) groups excluding carboxylic acids is 2. The van der Waals surface area contributed by atoms with Gasteiger partial charge < -0.3 is 28.5 Å². The van der Waals surface area contributed by atoms with E-state index in [0.29, 0.717) is 23.9 Å². The van der Waals surface area contributed by atoms with Crippen LogP contribution in [0.25, 0.3) is 0 Å². The number of esters is 1. The van der Waals surface area contributed by atoms with E-state index in [1.807, 2.05) is 39.4 Å². The van der Waals surface area contributed by atoms with Crippen LogP contribution in [-0.2, 0) is 27.9 Å². The van der Waals surface area contributed by atoms with Crippen LogP contribution in [0, 0.1) is 0 Å². The van der Waals surface area contributed by atoms with Crippen molar-refractivity contribution < 1.29 is 37.3 Å². The molecule has 9 nitrogen and oxygen atoms in total. The Balaban J connectivity index is 5.11. The molecule has 0 radical (unpaired) electrons. The molecule has 1 amide bonds. The van der Waals surface area contributed by atoms with E-state index < -0.39 is 32.5 Å². The molecule has 0 fully saturated rings. The Hall–Kier alpha value is -2.81. The fourth-order valence-electron chi connectivity index (χ4n) is 10.4. The van der Waals surface area contributed by atoms with Crippen molar-refractivity contribution in [3.05, 3.63) is 85.1 Å². The molecule has 10 heteroatoms. The zero-order valence-corrected chi connectivity index (χ0v) is 57.4. The predicted octanol–water partition coefficient (Wildman–Crippen LogP) is 22.3. The van der Waals surface area contributed by atoms with Crippen LogP contribution in [0.1, 0.15) is 329 Å². The number of rotatable bonds is 65. The van der Waals surface area contributed by atoms with Gasteiger partial charge in [-0.25, -0.2) is 0 Å². The summed E-state index contributed by atoms with van der Waals surface area (Å²) in [5, 5.41) is 3.03. The largest absolute Gasteiger partial charge is 0.756 e. The Labute approximate surface area is 526 Å². The first-order valence-corrected chi connectivity index (χ1v) is 37.4. The van der Waals surface area contributed by atoms with Gasteiger partial charge >= 0.3 is 5.97 Å². The molecule has 0 aliphatic carbocycles. The first kappa shape index (κ1) is 82.2. The first-order valence-electron chi connectivity index (χ1n) is 35.9. The van der Waals surface area contributed by atoms with Crippen molar-refractivity contribution in [1.82, 2.24) is 5.32 Å². The van der Waals surface area contributed by atoms with Gasteiger partial charge in [-0.3, -0.25) is 14.2 Å². The van der Waals surface area contributed by atoms with Gasteiger partial charge in [0.15, 0.2) is 0 Å². The van der Waals surface area contributed by atoms with E-state index in [1.54, 1.807) is 0 Å². The molecule has 0 aliphatic rings. The topological polar surface area (TPSA) is 114 Å². The number of likely N-dealkylation sites (N-methyl/N-ethyl adjacent to an activating group) is 1. The van der Waals surface area contributed by atoms with Gasteiger partial charge in [0.05, 0.1) is 33.8 Å². The van der Waals surface area contributed by atoms with E-state index in [4.69, 9.17) is 13.8 Å². The molecule has 3 atom stereocenters. The van der Waals surface area contributed by atoms with Gasteiger partial charge in [-0.05, 0) is 70.3 Å². The van der Waals surface area contributed by atoms with Crippen molar-refractivity contribution in [2.24, 2.45) is 0 Å². The van der Waals surface area contributed by atoms with E-state index >= 15 is 0 Å².